The molecule has 5 heteroatoms. The van der Waals surface area contributed by atoms with Crippen LogP contribution < -0.4 is 15.8 Å². The zero-order valence-electron chi connectivity index (χ0n) is 11.7. The fourth-order valence-electron chi connectivity index (χ4n) is 2.24. The molecule has 0 heterocycles. The average Bonchev–Trinajstić information content (AvgIpc) is 2.36. The fraction of sp³-hybridized carbons (Fsp3) is 0.533. The smallest absolute Gasteiger partial charge is 0.226 e. The highest BCUT2D eigenvalue weighted by molar-refractivity contribution is 6.32. The van der Waals surface area contributed by atoms with Crippen LogP contribution in [0.3, 0.4) is 0 Å². The lowest BCUT2D eigenvalue weighted by atomic mass is 9.75. The largest absolute Gasteiger partial charge is 0.492 e. The van der Waals surface area contributed by atoms with Gasteiger partial charge in [0.05, 0.1) is 11.6 Å². The van der Waals surface area contributed by atoms with E-state index < -0.39 is 0 Å². The van der Waals surface area contributed by atoms with E-state index in [1.807, 2.05) is 6.92 Å². The first-order valence-electron chi connectivity index (χ1n) is 7.03. The van der Waals surface area contributed by atoms with Gasteiger partial charge in [-0.3, -0.25) is 4.79 Å². The van der Waals surface area contributed by atoms with E-state index in [1.54, 1.807) is 18.2 Å². The second-order valence-electron chi connectivity index (χ2n) is 5.43. The number of halogens is 1. The lowest BCUT2D eigenvalue weighted by molar-refractivity contribution is -0.118. The zero-order valence-corrected chi connectivity index (χ0v) is 12.5. The van der Waals surface area contributed by atoms with Crippen LogP contribution in [0.25, 0.3) is 0 Å². The minimum Gasteiger partial charge on any atom is -0.492 e. The zero-order chi connectivity index (χ0) is 14.6. The Morgan fingerprint density at radius 1 is 1.50 bits per heavy atom. The number of nitrogens with one attached hydrogen (secondary N) is 1. The number of amides is 1. The van der Waals surface area contributed by atoms with Crippen molar-refractivity contribution < 1.29 is 9.53 Å². The van der Waals surface area contributed by atoms with E-state index in [0.717, 1.165) is 25.7 Å². The number of benzene rings is 1. The van der Waals surface area contributed by atoms with Crippen molar-refractivity contribution in [1.82, 2.24) is 0 Å². The van der Waals surface area contributed by atoms with Crippen molar-refractivity contribution in [2.45, 2.75) is 44.6 Å². The van der Waals surface area contributed by atoms with Crippen LogP contribution in [-0.2, 0) is 4.79 Å². The van der Waals surface area contributed by atoms with E-state index >= 15 is 0 Å². The highest BCUT2D eigenvalue weighted by Crippen LogP contribution is 2.33. The second kappa shape index (κ2) is 6.46. The van der Waals surface area contributed by atoms with Gasteiger partial charge in [-0.25, -0.2) is 0 Å². The molecule has 0 unspecified atom stereocenters. The van der Waals surface area contributed by atoms with Gasteiger partial charge < -0.3 is 15.8 Å². The normalized spacial score (nSPS) is 16.4. The molecule has 0 bridgehead atoms. The molecule has 0 atom stereocenters. The summed E-state index contributed by atoms with van der Waals surface area (Å²) in [5, 5.41) is 3.33. The van der Waals surface area contributed by atoms with Gasteiger partial charge in [0.2, 0.25) is 5.91 Å². The van der Waals surface area contributed by atoms with E-state index in [9.17, 15) is 4.79 Å². The Morgan fingerprint density at radius 2 is 2.25 bits per heavy atom. The summed E-state index contributed by atoms with van der Waals surface area (Å²) in [6.45, 7) is 2.66. The van der Waals surface area contributed by atoms with E-state index in [0.29, 0.717) is 29.5 Å². The summed E-state index contributed by atoms with van der Waals surface area (Å²) in [5.41, 5.74) is 6.42. The van der Waals surface area contributed by atoms with E-state index in [-0.39, 0.29) is 11.4 Å². The molecular weight excluding hydrogens is 276 g/mol. The van der Waals surface area contributed by atoms with Crippen molar-refractivity contribution >= 4 is 23.2 Å². The van der Waals surface area contributed by atoms with Crippen LogP contribution in [-0.4, -0.2) is 18.1 Å². The second-order valence-corrected chi connectivity index (χ2v) is 5.84. The molecule has 1 aromatic carbocycles. The van der Waals surface area contributed by atoms with Crippen LogP contribution in [0.15, 0.2) is 18.2 Å². The third-order valence-corrected chi connectivity index (χ3v) is 3.83. The molecule has 0 saturated heterocycles. The van der Waals surface area contributed by atoms with Crippen molar-refractivity contribution in [3.8, 4) is 5.75 Å². The van der Waals surface area contributed by atoms with E-state index in [1.165, 1.54) is 0 Å². The predicted octanol–water partition coefficient (Wildman–Crippen LogP) is 3.34. The SMILES string of the molecule is CCCOc1ccc(NC(=O)CC2(N)CCC2)cc1Cl. The maximum absolute atomic E-state index is 11.9. The third-order valence-electron chi connectivity index (χ3n) is 3.54. The van der Waals surface area contributed by atoms with Crippen LogP contribution in [0.4, 0.5) is 5.69 Å². The Bertz CT molecular complexity index is 487. The first-order valence-corrected chi connectivity index (χ1v) is 7.41. The van der Waals surface area contributed by atoms with Crippen molar-refractivity contribution in [2.24, 2.45) is 5.73 Å². The van der Waals surface area contributed by atoms with Gasteiger partial charge in [-0.15, -0.1) is 0 Å². The quantitative estimate of drug-likeness (QED) is 0.846. The van der Waals surface area contributed by atoms with Crippen LogP contribution in [0.2, 0.25) is 5.02 Å². The van der Waals surface area contributed by atoms with Crippen LogP contribution >= 0.6 is 11.6 Å². The number of carbonyl (C=O) groups is 1. The van der Waals surface area contributed by atoms with Crippen molar-refractivity contribution in [3.05, 3.63) is 23.2 Å². The highest BCUT2D eigenvalue weighted by Gasteiger charge is 2.34. The fourth-order valence-corrected chi connectivity index (χ4v) is 2.48. The number of anilines is 1. The van der Waals surface area contributed by atoms with Crippen LogP contribution in [0, 0.1) is 0 Å². The molecule has 110 valence electrons. The Kier molecular flexibility index (Phi) is 4.89. The molecular formula is C15H21ClN2O2. The topological polar surface area (TPSA) is 64.3 Å². The summed E-state index contributed by atoms with van der Waals surface area (Å²) in [6.07, 6.45) is 4.24. The van der Waals surface area contributed by atoms with Gasteiger partial charge in [-0.05, 0) is 43.9 Å². The number of rotatable bonds is 6. The molecule has 0 radical (unpaired) electrons. The van der Waals surface area contributed by atoms with Gasteiger partial charge in [-0.1, -0.05) is 18.5 Å². The highest BCUT2D eigenvalue weighted by atomic mass is 35.5. The standard InChI is InChI=1S/C15H21ClN2O2/c1-2-8-20-13-5-4-11(9-12(13)16)18-14(19)10-15(17)6-3-7-15/h4-5,9H,2-3,6-8,10,17H2,1H3,(H,18,19). The molecule has 4 nitrogen and oxygen atoms in total. The van der Waals surface area contributed by atoms with Gasteiger partial charge in [-0.2, -0.15) is 0 Å². The molecule has 1 aliphatic rings. The lowest BCUT2D eigenvalue weighted by Gasteiger charge is -2.37. The van der Waals surface area contributed by atoms with E-state index in [2.05, 4.69) is 5.32 Å². The Balaban J connectivity index is 1.92. The first-order chi connectivity index (χ1) is 9.52. The molecule has 3 N–H and O–H groups in total. The molecule has 1 amide bonds. The van der Waals surface area contributed by atoms with E-state index in [4.69, 9.17) is 22.1 Å². The van der Waals surface area contributed by atoms with Crippen molar-refractivity contribution in [3.63, 3.8) is 0 Å². The maximum atomic E-state index is 11.9. The van der Waals surface area contributed by atoms with Crippen molar-refractivity contribution in [2.75, 3.05) is 11.9 Å². The summed E-state index contributed by atoms with van der Waals surface area (Å²) in [5.74, 6) is 0.575. The first kappa shape index (κ1) is 15.1. The van der Waals surface area contributed by atoms with Gasteiger partial charge in [0.1, 0.15) is 5.75 Å². The lowest BCUT2D eigenvalue weighted by Crippen LogP contribution is -2.48. The van der Waals surface area contributed by atoms with Crippen LogP contribution in [0.1, 0.15) is 39.0 Å². The molecule has 0 spiro atoms. The van der Waals surface area contributed by atoms with Gasteiger partial charge >= 0.3 is 0 Å². The molecule has 20 heavy (non-hydrogen) atoms. The summed E-state index contributed by atoms with van der Waals surface area (Å²) >= 11 is 6.12. The molecule has 0 aliphatic heterocycles. The number of hydrogen-bond acceptors (Lipinski definition) is 3. The van der Waals surface area contributed by atoms with Gasteiger partial charge in [0.25, 0.3) is 0 Å². The Morgan fingerprint density at radius 3 is 2.80 bits per heavy atom. The summed E-state index contributed by atoms with van der Waals surface area (Å²) in [4.78, 5) is 11.9. The molecule has 1 aromatic rings. The molecule has 1 fully saturated rings. The molecule has 2 rings (SSSR count). The minimum atomic E-state index is -0.307. The summed E-state index contributed by atoms with van der Waals surface area (Å²) in [6, 6.07) is 5.27. The number of nitrogens with two attached hydrogens (primary N) is 1. The summed E-state index contributed by atoms with van der Waals surface area (Å²) < 4.78 is 5.49. The minimum absolute atomic E-state index is 0.0644. The molecule has 1 aliphatic carbocycles. The summed E-state index contributed by atoms with van der Waals surface area (Å²) in [7, 11) is 0. The maximum Gasteiger partial charge on any atom is 0.226 e. The Hall–Kier alpha value is -1.26. The van der Waals surface area contributed by atoms with Gasteiger partial charge in [0.15, 0.2) is 0 Å². The van der Waals surface area contributed by atoms with Crippen molar-refractivity contribution in [1.29, 1.82) is 0 Å². The Labute approximate surface area is 124 Å². The molecule has 0 aromatic heterocycles. The molecule has 1 saturated carbocycles. The van der Waals surface area contributed by atoms with Crippen LogP contribution in [0.5, 0.6) is 5.75 Å². The van der Waals surface area contributed by atoms with Gasteiger partial charge in [0, 0.05) is 17.6 Å². The monoisotopic (exact) mass is 296 g/mol. The third kappa shape index (κ3) is 3.87. The number of hydrogen-bond donors (Lipinski definition) is 2. The average molecular weight is 297 g/mol. The number of ether oxygens (including phenoxy) is 1. The predicted molar refractivity (Wildman–Crippen MR) is 81.3 cm³/mol. The number of carbonyl (C=O) groups excluding carboxylic acids is 1.